The molecule has 0 aliphatic heterocycles. The summed E-state index contributed by atoms with van der Waals surface area (Å²) in [6.45, 7) is -0.328. The molecular formula is C22H20O3. The van der Waals surface area contributed by atoms with Crippen molar-refractivity contribution >= 4 is 5.97 Å². The molecule has 3 aromatic carbocycles. The van der Waals surface area contributed by atoms with Crippen LogP contribution in [-0.2, 0) is 11.2 Å². The fourth-order valence-electron chi connectivity index (χ4n) is 2.90. The summed E-state index contributed by atoms with van der Waals surface area (Å²) >= 11 is 0. The molecule has 1 unspecified atom stereocenters. The number of hydrogen-bond acceptors (Lipinski definition) is 2. The number of carboxylic acids is 1. The Bertz CT molecular complexity index is 796. The average Bonchev–Trinajstić information content (AvgIpc) is 2.66. The predicted octanol–water partition coefficient (Wildman–Crippen LogP) is 4.52. The SMILES string of the molecule is O=C(O)COc1ccc(C(Cc2ccccc2)c2ccccc2)cc1. The molecule has 126 valence electrons. The predicted molar refractivity (Wildman–Crippen MR) is 98.0 cm³/mol. The van der Waals surface area contributed by atoms with Gasteiger partial charge in [-0.15, -0.1) is 0 Å². The highest BCUT2D eigenvalue weighted by atomic mass is 16.5. The normalized spacial score (nSPS) is 11.7. The van der Waals surface area contributed by atoms with Gasteiger partial charge in [0.25, 0.3) is 0 Å². The summed E-state index contributed by atoms with van der Waals surface area (Å²) < 4.78 is 5.23. The van der Waals surface area contributed by atoms with Crippen molar-refractivity contribution in [2.45, 2.75) is 12.3 Å². The van der Waals surface area contributed by atoms with Crippen LogP contribution in [0.2, 0.25) is 0 Å². The van der Waals surface area contributed by atoms with Crippen LogP contribution in [0.4, 0.5) is 0 Å². The van der Waals surface area contributed by atoms with Gasteiger partial charge in [-0.25, -0.2) is 4.79 Å². The first-order chi connectivity index (χ1) is 12.2. The topological polar surface area (TPSA) is 46.5 Å². The van der Waals surface area contributed by atoms with Gasteiger partial charge in [0.05, 0.1) is 0 Å². The average molecular weight is 332 g/mol. The molecular weight excluding hydrogens is 312 g/mol. The summed E-state index contributed by atoms with van der Waals surface area (Å²) in [4.78, 5) is 10.6. The molecule has 0 saturated carbocycles. The van der Waals surface area contributed by atoms with Crippen LogP contribution in [0.25, 0.3) is 0 Å². The Balaban J connectivity index is 1.85. The molecule has 3 rings (SSSR count). The first kappa shape index (κ1) is 16.8. The Hall–Kier alpha value is -3.07. The molecule has 25 heavy (non-hydrogen) atoms. The molecule has 0 aliphatic carbocycles. The lowest BCUT2D eigenvalue weighted by Crippen LogP contribution is -2.09. The molecule has 3 nitrogen and oxygen atoms in total. The minimum absolute atomic E-state index is 0.233. The smallest absolute Gasteiger partial charge is 0.341 e. The number of hydrogen-bond donors (Lipinski definition) is 1. The van der Waals surface area contributed by atoms with Crippen molar-refractivity contribution in [3.63, 3.8) is 0 Å². The van der Waals surface area contributed by atoms with E-state index in [4.69, 9.17) is 9.84 Å². The number of ether oxygens (including phenoxy) is 1. The fourth-order valence-corrected chi connectivity index (χ4v) is 2.90. The van der Waals surface area contributed by atoms with Crippen LogP contribution in [0, 0.1) is 0 Å². The molecule has 0 spiro atoms. The van der Waals surface area contributed by atoms with Gasteiger partial charge in [0.15, 0.2) is 6.61 Å². The first-order valence-corrected chi connectivity index (χ1v) is 8.26. The standard InChI is InChI=1S/C22H20O3/c23-22(24)16-25-20-13-11-19(12-14-20)21(18-9-5-2-6-10-18)15-17-7-3-1-4-8-17/h1-14,21H,15-16H2,(H,23,24). The second kappa shape index (κ2) is 8.15. The van der Waals surface area contributed by atoms with Crippen molar-refractivity contribution in [1.82, 2.24) is 0 Å². The molecule has 0 fully saturated rings. The molecule has 1 atom stereocenters. The van der Waals surface area contributed by atoms with E-state index in [2.05, 4.69) is 48.5 Å². The monoisotopic (exact) mass is 332 g/mol. The van der Waals surface area contributed by atoms with E-state index in [-0.39, 0.29) is 12.5 Å². The zero-order chi connectivity index (χ0) is 17.5. The van der Waals surface area contributed by atoms with Gasteiger partial charge in [0.1, 0.15) is 5.75 Å². The van der Waals surface area contributed by atoms with E-state index in [1.54, 1.807) is 0 Å². The third kappa shape index (κ3) is 4.70. The minimum Gasteiger partial charge on any atom is -0.482 e. The molecule has 1 N–H and O–H groups in total. The molecule has 3 heteroatoms. The quantitative estimate of drug-likeness (QED) is 0.692. The van der Waals surface area contributed by atoms with Crippen LogP contribution < -0.4 is 4.74 Å². The van der Waals surface area contributed by atoms with E-state index in [0.29, 0.717) is 5.75 Å². The maximum absolute atomic E-state index is 10.6. The van der Waals surface area contributed by atoms with Crippen molar-refractivity contribution in [3.8, 4) is 5.75 Å². The summed E-state index contributed by atoms with van der Waals surface area (Å²) in [5, 5.41) is 8.71. The van der Waals surface area contributed by atoms with Crippen molar-refractivity contribution in [3.05, 3.63) is 102 Å². The van der Waals surface area contributed by atoms with E-state index in [1.165, 1.54) is 16.7 Å². The van der Waals surface area contributed by atoms with Gasteiger partial charge in [-0.1, -0.05) is 72.8 Å². The second-order valence-electron chi connectivity index (χ2n) is 5.90. The number of carboxylic acid groups (broad SMARTS) is 1. The van der Waals surface area contributed by atoms with Crippen molar-refractivity contribution in [2.24, 2.45) is 0 Å². The summed E-state index contributed by atoms with van der Waals surface area (Å²) in [5.74, 6) is -0.176. The molecule has 0 amide bonds. The Kier molecular flexibility index (Phi) is 5.47. The van der Waals surface area contributed by atoms with Crippen molar-refractivity contribution < 1.29 is 14.6 Å². The molecule has 0 aliphatic rings. The van der Waals surface area contributed by atoms with E-state index in [0.717, 1.165) is 6.42 Å². The van der Waals surface area contributed by atoms with Crippen molar-refractivity contribution in [1.29, 1.82) is 0 Å². The zero-order valence-corrected chi connectivity index (χ0v) is 13.8. The molecule has 0 radical (unpaired) electrons. The van der Waals surface area contributed by atoms with Gasteiger partial charge >= 0.3 is 5.97 Å². The lowest BCUT2D eigenvalue weighted by atomic mass is 9.86. The summed E-state index contributed by atoms with van der Waals surface area (Å²) in [6.07, 6.45) is 0.903. The number of aliphatic carboxylic acids is 1. The van der Waals surface area contributed by atoms with Crippen LogP contribution in [0.1, 0.15) is 22.6 Å². The third-order valence-corrected chi connectivity index (χ3v) is 4.13. The Morgan fingerprint density at radius 2 is 1.36 bits per heavy atom. The van der Waals surface area contributed by atoms with E-state index in [1.807, 2.05) is 36.4 Å². The minimum atomic E-state index is -0.977. The Labute approximate surface area is 147 Å². The summed E-state index contributed by atoms with van der Waals surface area (Å²) in [7, 11) is 0. The van der Waals surface area contributed by atoms with Crippen LogP contribution in [0.15, 0.2) is 84.9 Å². The number of benzene rings is 3. The van der Waals surface area contributed by atoms with Crippen molar-refractivity contribution in [2.75, 3.05) is 6.61 Å². The highest BCUT2D eigenvalue weighted by molar-refractivity contribution is 5.68. The Morgan fingerprint density at radius 1 is 0.800 bits per heavy atom. The van der Waals surface area contributed by atoms with Gasteiger partial charge < -0.3 is 9.84 Å². The van der Waals surface area contributed by atoms with Crippen LogP contribution in [0.5, 0.6) is 5.75 Å². The lowest BCUT2D eigenvalue weighted by molar-refractivity contribution is -0.139. The highest BCUT2D eigenvalue weighted by Gasteiger charge is 2.15. The summed E-state index contributed by atoms with van der Waals surface area (Å²) in [6, 6.07) is 28.5. The first-order valence-electron chi connectivity index (χ1n) is 8.26. The molecule has 3 aromatic rings. The molecule has 0 heterocycles. The van der Waals surface area contributed by atoms with Gasteiger partial charge in [-0.2, -0.15) is 0 Å². The van der Waals surface area contributed by atoms with Crippen LogP contribution >= 0.6 is 0 Å². The second-order valence-corrected chi connectivity index (χ2v) is 5.90. The zero-order valence-electron chi connectivity index (χ0n) is 13.8. The Morgan fingerprint density at radius 3 is 1.96 bits per heavy atom. The largest absolute Gasteiger partial charge is 0.482 e. The highest BCUT2D eigenvalue weighted by Crippen LogP contribution is 2.29. The van der Waals surface area contributed by atoms with Crippen LogP contribution in [0.3, 0.4) is 0 Å². The molecule has 0 bridgehead atoms. The van der Waals surface area contributed by atoms with E-state index >= 15 is 0 Å². The lowest BCUT2D eigenvalue weighted by Gasteiger charge is -2.19. The van der Waals surface area contributed by atoms with E-state index in [9.17, 15) is 4.79 Å². The van der Waals surface area contributed by atoms with Crippen LogP contribution in [-0.4, -0.2) is 17.7 Å². The molecule has 0 aromatic heterocycles. The fraction of sp³-hybridized carbons (Fsp3) is 0.136. The number of rotatable bonds is 7. The van der Waals surface area contributed by atoms with Gasteiger partial charge in [-0.3, -0.25) is 0 Å². The molecule has 0 saturated heterocycles. The van der Waals surface area contributed by atoms with Gasteiger partial charge in [0, 0.05) is 5.92 Å². The number of carbonyl (C=O) groups is 1. The summed E-state index contributed by atoms with van der Waals surface area (Å²) in [5.41, 5.74) is 3.71. The van der Waals surface area contributed by atoms with Gasteiger partial charge in [0.2, 0.25) is 0 Å². The maximum Gasteiger partial charge on any atom is 0.341 e. The van der Waals surface area contributed by atoms with Gasteiger partial charge in [-0.05, 0) is 35.2 Å². The third-order valence-electron chi connectivity index (χ3n) is 4.13. The van der Waals surface area contributed by atoms with E-state index < -0.39 is 5.97 Å². The maximum atomic E-state index is 10.6.